The normalized spacial score (nSPS) is 35.9. The van der Waals surface area contributed by atoms with Crippen molar-refractivity contribution in [2.75, 3.05) is 19.6 Å². The van der Waals surface area contributed by atoms with Gasteiger partial charge in [0, 0.05) is 13.1 Å². The lowest BCUT2D eigenvalue weighted by atomic mass is 9.80. The van der Waals surface area contributed by atoms with E-state index in [0.717, 1.165) is 38.4 Å². The summed E-state index contributed by atoms with van der Waals surface area (Å²) in [5.41, 5.74) is -0.182. The molecule has 19 heavy (non-hydrogen) atoms. The molecule has 3 nitrogen and oxygen atoms in total. The number of hydrogen-bond donors (Lipinski definition) is 2. The molecule has 0 aromatic rings. The van der Waals surface area contributed by atoms with Crippen molar-refractivity contribution < 1.29 is 4.79 Å². The molecule has 3 heteroatoms. The van der Waals surface area contributed by atoms with E-state index < -0.39 is 0 Å². The van der Waals surface area contributed by atoms with Gasteiger partial charge in [0.15, 0.2) is 0 Å². The van der Waals surface area contributed by atoms with Crippen molar-refractivity contribution >= 4 is 5.91 Å². The van der Waals surface area contributed by atoms with Crippen molar-refractivity contribution in [2.24, 2.45) is 17.3 Å². The molecule has 2 fully saturated rings. The van der Waals surface area contributed by atoms with Gasteiger partial charge in [-0.15, -0.1) is 0 Å². The highest BCUT2D eigenvalue weighted by Gasteiger charge is 2.34. The lowest BCUT2D eigenvalue weighted by molar-refractivity contribution is -0.131. The molecule has 2 N–H and O–H groups in total. The Morgan fingerprint density at radius 3 is 2.53 bits per heavy atom. The number of carbonyl (C=O) groups is 1. The third-order valence-corrected chi connectivity index (χ3v) is 5.24. The molecule has 110 valence electrons. The molecule has 0 bridgehead atoms. The van der Waals surface area contributed by atoms with E-state index in [1.54, 1.807) is 0 Å². The summed E-state index contributed by atoms with van der Waals surface area (Å²) >= 11 is 0. The van der Waals surface area contributed by atoms with Crippen LogP contribution >= 0.6 is 0 Å². The number of carbonyl (C=O) groups excluding carboxylic acids is 1. The van der Waals surface area contributed by atoms with E-state index in [9.17, 15) is 4.79 Å². The average molecular weight is 266 g/mol. The van der Waals surface area contributed by atoms with Crippen LogP contribution in [0.3, 0.4) is 0 Å². The largest absolute Gasteiger partial charge is 0.355 e. The minimum atomic E-state index is -0.182. The van der Waals surface area contributed by atoms with Crippen molar-refractivity contribution in [1.29, 1.82) is 0 Å². The molecule has 1 unspecified atom stereocenters. The molecular weight excluding hydrogens is 236 g/mol. The summed E-state index contributed by atoms with van der Waals surface area (Å²) in [7, 11) is 0. The molecule has 1 aliphatic carbocycles. The first kappa shape index (κ1) is 14.8. The van der Waals surface area contributed by atoms with Gasteiger partial charge < -0.3 is 10.6 Å². The molecule has 0 aromatic heterocycles. The Morgan fingerprint density at radius 1 is 1.26 bits per heavy atom. The molecule has 1 aliphatic heterocycles. The van der Waals surface area contributed by atoms with Gasteiger partial charge in [0.1, 0.15) is 0 Å². The second kappa shape index (κ2) is 6.74. The predicted molar refractivity (Wildman–Crippen MR) is 79.0 cm³/mol. The number of amides is 1. The van der Waals surface area contributed by atoms with Gasteiger partial charge in [0.25, 0.3) is 0 Å². The SMILES string of the molecule is CCC1CCC(CNC(=O)C2(C)CCCNC2)CC1. The van der Waals surface area contributed by atoms with Crippen LogP contribution < -0.4 is 10.6 Å². The van der Waals surface area contributed by atoms with Crippen LogP contribution in [-0.4, -0.2) is 25.5 Å². The van der Waals surface area contributed by atoms with Crippen LogP contribution in [0.2, 0.25) is 0 Å². The first-order valence-corrected chi connectivity index (χ1v) is 8.13. The van der Waals surface area contributed by atoms with E-state index in [1.165, 1.54) is 32.1 Å². The summed E-state index contributed by atoms with van der Waals surface area (Å²) in [6, 6.07) is 0. The Bertz CT molecular complexity index is 289. The lowest BCUT2D eigenvalue weighted by Gasteiger charge is -2.34. The van der Waals surface area contributed by atoms with Crippen molar-refractivity contribution in [3.63, 3.8) is 0 Å². The highest BCUT2D eigenvalue weighted by atomic mass is 16.2. The van der Waals surface area contributed by atoms with Crippen molar-refractivity contribution in [3.8, 4) is 0 Å². The van der Waals surface area contributed by atoms with Gasteiger partial charge in [-0.3, -0.25) is 4.79 Å². The van der Waals surface area contributed by atoms with Crippen LogP contribution in [0.1, 0.15) is 58.8 Å². The summed E-state index contributed by atoms with van der Waals surface area (Å²) in [5.74, 6) is 1.91. The zero-order valence-electron chi connectivity index (χ0n) is 12.6. The van der Waals surface area contributed by atoms with E-state index in [2.05, 4.69) is 24.5 Å². The maximum Gasteiger partial charge on any atom is 0.227 e. The summed E-state index contributed by atoms with van der Waals surface area (Å²) in [5, 5.41) is 6.56. The molecule has 0 spiro atoms. The Labute approximate surface area is 117 Å². The zero-order chi connectivity index (χ0) is 13.7. The van der Waals surface area contributed by atoms with E-state index in [0.29, 0.717) is 5.92 Å². The van der Waals surface area contributed by atoms with Gasteiger partial charge in [-0.2, -0.15) is 0 Å². The quantitative estimate of drug-likeness (QED) is 0.821. The van der Waals surface area contributed by atoms with Crippen LogP contribution in [0.5, 0.6) is 0 Å². The van der Waals surface area contributed by atoms with Gasteiger partial charge in [-0.25, -0.2) is 0 Å². The molecule has 1 saturated carbocycles. The summed E-state index contributed by atoms with van der Waals surface area (Å²) in [6.07, 6.45) is 8.77. The summed E-state index contributed by atoms with van der Waals surface area (Å²) in [6.45, 7) is 7.18. The minimum Gasteiger partial charge on any atom is -0.355 e. The van der Waals surface area contributed by atoms with Crippen LogP contribution in [0.4, 0.5) is 0 Å². The molecule has 1 saturated heterocycles. The second-order valence-electron chi connectivity index (χ2n) is 6.85. The van der Waals surface area contributed by atoms with Gasteiger partial charge in [-0.1, -0.05) is 26.2 Å². The lowest BCUT2D eigenvalue weighted by Crippen LogP contribution is -2.49. The molecular formula is C16H30N2O. The summed E-state index contributed by atoms with van der Waals surface area (Å²) in [4.78, 5) is 12.3. The van der Waals surface area contributed by atoms with Crippen LogP contribution in [0.15, 0.2) is 0 Å². The van der Waals surface area contributed by atoms with Crippen molar-refractivity contribution in [3.05, 3.63) is 0 Å². The molecule has 2 rings (SSSR count). The molecule has 1 heterocycles. The minimum absolute atomic E-state index is 0.182. The Hall–Kier alpha value is -0.570. The van der Waals surface area contributed by atoms with E-state index >= 15 is 0 Å². The van der Waals surface area contributed by atoms with Gasteiger partial charge >= 0.3 is 0 Å². The maximum absolute atomic E-state index is 12.3. The topological polar surface area (TPSA) is 41.1 Å². The van der Waals surface area contributed by atoms with Crippen LogP contribution in [-0.2, 0) is 4.79 Å². The predicted octanol–water partition coefficient (Wildman–Crippen LogP) is 2.71. The van der Waals surface area contributed by atoms with Crippen molar-refractivity contribution in [2.45, 2.75) is 58.8 Å². The molecule has 0 radical (unpaired) electrons. The third-order valence-electron chi connectivity index (χ3n) is 5.24. The fourth-order valence-corrected chi connectivity index (χ4v) is 3.54. The standard InChI is InChI=1S/C16H30N2O/c1-3-13-5-7-14(8-6-13)11-18-15(19)16(2)9-4-10-17-12-16/h13-14,17H,3-12H2,1-2H3,(H,18,19). The highest BCUT2D eigenvalue weighted by molar-refractivity contribution is 5.82. The number of piperidine rings is 1. The number of rotatable bonds is 4. The molecule has 0 aromatic carbocycles. The van der Waals surface area contributed by atoms with E-state index in [1.807, 2.05) is 0 Å². The van der Waals surface area contributed by atoms with Gasteiger partial charge in [0.05, 0.1) is 5.41 Å². The smallest absolute Gasteiger partial charge is 0.227 e. The van der Waals surface area contributed by atoms with Crippen molar-refractivity contribution in [1.82, 2.24) is 10.6 Å². The molecule has 2 aliphatic rings. The fourth-order valence-electron chi connectivity index (χ4n) is 3.54. The monoisotopic (exact) mass is 266 g/mol. The van der Waals surface area contributed by atoms with E-state index in [4.69, 9.17) is 0 Å². The zero-order valence-corrected chi connectivity index (χ0v) is 12.6. The Kier molecular flexibility index (Phi) is 5.26. The first-order chi connectivity index (χ1) is 9.14. The van der Waals surface area contributed by atoms with Crippen LogP contribution in [0, 0.1) is 17.3 Å². The highest BCUT2D eigenvalue weighted by Crippen LogP contribution is 2.31. The van der Waals surface area contributed by atoms with E-state index in [-0.39, 0.29) is 11.3 Å². The average Bonchev–Trinajstić information content (AvgIpc) is 2.46. The van der Waals surface area contributed by atoms with Gasteiger partial charge in [-0.05, 0) is 51.0 Å². The third kappa shape index (κ3) is 3.95. The summed E-state index contributed by atoms with van der Waals surface area (Å²) < 4.78 is 0. The first-order valence-electron chi connectivity index (χ1n) is 8.13. The fraction of sp³-hybridized carbons (Fsp3) is 0.938. The number of nitrogens with one attached hydrogen (secondary N) is 2. The Balaban J connectivity index is 1.71. The maximum atomic E-state index is 12.3. The van der Waals surface area contributed by atoms with Crippen LogP contribution in [0.25, 0.3) is 0 Å². The molecule has 1 atom stereocenters. The van der Waals surface area contributed by atoms with Gasteiger partial charge in [0.2, 0.25) is 5.91 Å². The Morgan fingerprint density at radius 2 is 1.95 bits per heavy atom. The number of hydrogen-bond acceptors (Lipinski definition) is 2. The second-order valence-corrected chi connectivity index (χ2v) is 6.85. The molecule has 1 amide bonds.